The Balaban J connectivity index is 1.67. The summed E-state index contributed by atoms with van der Waals surface area (Å²) in [7, 11) is 1.34. The second kappa shape index (κ2) is 9.52. The lowest BCUT2D eigenvalue weighted by atomic mass is 10.1. The average Bonchev–Trinajstić information content (AvgIpc) is 2.63. The third-order valence-corrected chi connectivity index (χ3v) is 3.44. The fourth-order valence-corrected chi connectivity index (χ4v) is 2.16. The van der Waals surface area contributed by atoms with E-state index in [0.29, 0.717) is 13.0 Å². The van der Waals surface area contributed by atoms with Gasteiger partial charge in [-0.25, -0.2) is 4.98 Å². The number of nitrogens with two attached hydrogens (primary N) is 1. The van der Waals surface area contributed by atoms with Crippen LogP contribution in [0.2, 0.25) is 0 Å². The smallest absolute Gasteiger partial charge is 0.322 e. The predicted molar refractivity (Wildman–Crippen MR) is 93.0 cm³/mol. The van der Waals surface area contributed by atoms with E-state index in [4.69, 9.17) is 10.5 Å². The highest BCUT2D eigenvalue weighted by Gasteiger charge is 2.13. The minimum atomic E-state index is -0.639. The maximum absolute atomic E-state index is 11.3. The number of anilines is 1. The zero-order valence-electron chi connectivity index (χ0n) is 13.8. The van der Waals surface area contributed by atoms with Crippen molar-refractivity contribution in [3.63, 3.8) is 0 Å². The molecule has 0 spiro atoms. The summed E-state index contributed by atoms with van der Waals surface area (Å²) < 4.78 is 10.3. The Morgan fingerprint density at radius 1 is 1.25 bits per heavy atom. The molecule has 0 radical (unpaired) electrons. The molecule has 1 aromatic carbocycles. The van der Waals surface area contributed by atoms with E-state index in [1.165, 1.54) is 7.11 Å². The molecule has 6 nitrogen and oxygen atoms in total. The van der Waals surface area contributed by atoms with Crippen LogP contribution in [0.4, 0.5) is 5.82 Å². The van der Waals surface area contributed by atoms with Gasteiger partial charge in [-0.3, -0.25) is 4.79 Å². The zero-order chi connectivity index (χ0) is 17.2. The molecule has 1 aromatic heterocycles. The van der Waals surface area contributed by atoms with Crippen LogP contribution in [0.15, 0.2) is 48.7 Å². The number of methoxy groups -OCH3 is 1. The van der Waals surface area contributed by atoms with E-state index in [1.807, 2.05) is 42.5 Å². The van der Waals surface area contributed by atoms with Crippen molar-refractivity contribution in [1.29, 1.82) is 0 Å². The number of carbonyl (C=O) groups is 1. The molecule has 128 valence electrons. The summed E-state index contributed by atoms with van der Waals surface area (Å²) in [5.74, 6) is 1.25. The lowest BCUT2D eigenvalue weighted by Crippen LogP contribution is -2.33. The van der Waals surface area contributed by atoms with Crippen molar-refractivity contribution < 1.29 is 14.3 Å². The molecule has 0 bridgehead atoms. The molecule has 2 rings (SSSR count). The maximum Gasteiger partial charge on any atom is 0.322 e. The van der Waals surface area contributed by atoms with E-state index in [9.17, 15) is 4.79 Å². The summed E-state index contributed by atoms with van der Waals surface area (Å²) in [5, 5.41) is 3.23. The number of esters is 1. The van der Waals surface area contributed by atoms with Gasteiger partial charge in [-0.1, -0.05) is 18.2 Å². The summed E-state index contributed by atoms with van der Waals surface area (Å²) in [4.78, 5) is 15.5. The maximum atomic E-state index is 11.3. The van der Waals surface area contributed by atoms with Crippen molar-refractivity contribution in [3.05, 3.63) is 54.2 Å². The Morgan fingerprint density at radius 3 is 2.71 bits per heavy atom. The summed E-state index contributed by atoms with van der Waals surface area (Å²) in [5.41, 5.74) is 6.71. The van der Waals surface area contributed by atoms with Crippen LogP contribution in [0, 0.1) is 0 Å². The van der Waals surface area contributed by atoms with Gasteiger partial charge in [0.25, 0.3) is 0 Å². The number of hydrogen-bond acceptors (Lipinski definition) is 6. The third-order valence-electron chi connectivity index (χ3n) is 3.44. The molecular formula is C18H23N3O3. The molecule has 3 N–H and O–H groups in total. The molecule has 24 heavy (non-hydrogen) atoms. The Labute approximate surface area is 142 Å². The fraction of sp³-hybridized carbons (Fsp3) is 0.333. The zero-order valence-corrected chi connectivity index (χ0v) is 13.8. The predicted octanol–water partition coefficient (Wildman–Crippen LogP) is 2.01. The second-order valence-electron chi connectivity index (χ2n) is 5.32. The molecule has 0 saturated heterocycles. The van der Waals surface area contributed by atoms with Gasteiger partial charge in [-0.05, 0) is 42.7 Å². The highest BCUT2D eigenvalue weighted by atomic mass is 16.5. The first-order valence-electron chi connectivity index (χ1n) is 7.89. The highest BCUT2D eigenvalue weighted by Crippen LogP contribution is 2.13. The van der Waals surface area contributed by atoms with E-state index < -0.39 is 12.0 Å². The average molecular weight is 329 g/mol. The summed E-state index contributed by atoms with van der Waals surface area (Å²) >= 11 is 0. The molecule has 6 heteroatoms. The van der Waals surface area contributed by atoms with Crippen molar-refractivity contribution in [1.82, 2.24) is 4.98 Å². The minimum absolute atomic E-state index is 0.407. The van der Waals surface area contributed by atoms with Crippen LogP contribution in [0.5, 0.6) is 5.75 Å². The van der Waals surface area contributed by atoms with Crippen molar-refractivity contribution in [3.8, 4) is 5.75 Å². The monoisotopic (exact) mass is 329 g/mol. The van der Waals surface area contributed by atoms with Crippen LogP contribution in [0.3, 0.4) is 0 Å². The number of rotatable bonds is 9. The normalized spacial score (nSPS) is 11.6. The van der Waals surface area contributed by atoms with Gasteiger partial charge in [-0.15, -0.1) is 0 Å². The molecule has 1 atom stereocenters. The molecular weight excluding hydrogens is 306 g/mol. The van der Waals surface area contributed by atoms with E-state index in [-0.39, 0.29) is 0 Å². The Bertz CT molecular complexity index is 617. The van der Waals surface area contributed by atoms with Gasteiger partial charge in [0, 0.05) is 12.7 Å². The second-order valence-corrected chi connectivity index (χ2v) is 5.32. The van der Waals surface area contributed by atoms with E-state index in [0.717, 1.165) is 30.1 Å². The number of benzene rings is 1. The molecule has 0 unspecified atom stereocenters. The molecule has 1 heterocycles. The molecule has 0 aliphatic carbocycles. The first-order chi connectivity index (χ1) is 11.7. The largest absolute Gasteiger partial charge is 0.494 e. The molecule has 0 amide bonds. The van der Waals surface area contributed by atoms with Crippen LogP contribution in [0.25, 0.3) is 0 Å². The first-order valence-corrected chi connectivity index (χ1v) is 7.89. The van der Waals surface area contributed by atoms with Gasteiger partial charge in [0.2, 0.25) is 0 Å². The van der Waals surface area contributed by atoms with Crippen LogP contribution >= 0.6 is 0 Å². The molecule has 0 saturated carbocycles. The quantitative estimate of drug-likeness (QED) is 0.540. The Hall–Kier alpha value is -2.60. The van der Waals surface area contributed by atoms with E-state index in [1.54, 1.807) is 6.20 Å². The molecule has 0 aliphatic heterocycles. The SMILES string of the molecule is COC(=O)[C@@H](N)Cc1ccc(OCCCNc2ccccn2)cc1. The number of ether oxygens (including phenoxy) is 2. The third kappa shape index (κ3) is 5.89. The summed E-state index contributed by atoms with van der Waals surface area (Å²) in [6.07, 6.45) is 3.07. The molecule has 0 aliphatic rings. The van der Waals surface area contributed by atoms with Crippen molar-refractivity contribution in [2.24, 2.45) is 5.73 Å². The number of nitrogens with one attached hydrogen (secondary N) is 1. The number of pyridine rings is 1. The van der Waals surface area contributed by atoms with Crippen LogP contribution < -0.4 is 15.8 Å². The van der Waals surface area contributed by atoms with Gasteiger partial charge in [0.1, 0.15) is 17.6 Å². The van der Waals surface area contributed by atoms with Crippen molar-refractivity contribution in [2.75, 3.05) is 25.6 Å². The number of aromatic nitrogens is 1. The van der Waals surface area contributed by atoms with Gasteiger partial charge in [0.05, 0.1) is 13.7 Å². The number of hydrogen-bond donors (Lipinski definition) is 2. The minimum Gasteiger partial charge on any atom is -0.494 e. The lowest BCUT2D eigenvalue weighted by Gasteiger charge is -2.10. The van der Waals surface area contributed by atoms with Crippen molar-refractivity contribution in [2.45, 2.75) is 18.9 Å². The Morgan fingerprint density at radius 2 is 2.04 bits per heavy atom. The van der Waals surface area contributed by atoms with Crippen molar-refractivity contribution >= 4 is 11.8 Å². The van der Waals surface area contributed by atoms with E-state index in [2.05, 4.69) is 15.0 Å². The number of carbonyl (C=O) groups excluding carboxylic acids is 1. The summed E-state index contributed by atoms with van der Waals surface area (Å²) in [6.45, 7) is 1.41. The first kappa shape index (κ1) is 17.7. The van der Waals surface area contributed by atoms with Crippen LogP contribution in [-0.2, 0) is 16.0 Å². The molecule has 2 aromatic rings. The van der Waals surface area contributed by atoms with Crippen LogP contribution in [-0.4, -0.2) is 37.3 Å². The fourth-order valence-electron chi connectivity index (χ4n) is 2.16. The Kier molecular flexibility index (Phi) is 7.04. The van der Waals surface area contributed by atoms with Gasteiger partial charge in [-0.2, -0.15) is 0 Å². The molecule has 0 fully saturated rings. The standard InChI is InChI=1S/C18H23N3O3/c1-23-18(22)16(19)13-14-6-8-15(9-7-14)24-12-4-11-21-17-5-2-3-10-20-17/h2-3,5-10,16H,4,11-13,19H2,1H3,(H,20,21)/t16-/m0/s1. The van der Waals surface area contributed by atoms with Gasteiger partial charge >= 0.3 is 5.97 Å². The van der Waals surface area contributed by atoms with Gasteiger partial charge in [0.15, 0.2) is 0 Å². The summed E-state index contributed by atoms with van der Waals surface area (Å²) in [6, 6.07) is 12.7. The van der Waals surface area contributed by atoms with E-state index >= 15 is 0 Å². The van der Waals surface area contributed by atoms with Crippen LogP contribution in [0.1, 0.15) is 12.0 Å². The lowest BCUT2D eigenvalue weighted by molar-refractivity contribution is -0.142. The highest BCUT2D eigenvalue weighted by molar-refractivity contribution is 5.75. The van der Waals surface area contributed by atoms with Gasteiger partial charge < -0.3 is 20.5 Å². The topological polar surface area (TPSA) is 86.5 Å². The number of nitrogens with zero attached hydrogens (tertiary/aromatic N) is 1.